The van der Waals surface area contributed by atoms with Crippen LogP contribution in [0.1, 0.15) is 16.6 Å². The molecule has 3 N–H and O–H groups in total. The number of hydrogen-bond acceptors (Lipinski definition) is 8. The topological polar surface area (TPSA) is 132 Å². The molecule has 4 unspecified atom stereocenters. The van der Waals surface area contributed by atoms with Crippen LogP contribution in [0.25, 0.3) is 11.2 Å². The van der Waals surface area contributed by atoms with Crippen molar-refractivity contribution in [1.82, 2.24) is 19.5 Å². The number of rotatable bonds is 4. The van der Waals surface area contributed by atoms with Crippen LogP contribution in [0.4, 0.5) is 5.82 Å². The fraction of sp³-hybridized carbons (Fsp3) is 0.333. The molecule has 2 aliphatic rings. The summed E-state index contributed by atoms with van der Waals surface area (Å²) in [5.41, 5.74) is 0.139. The van der Waals surface area contributed by atoms with Gasteiger partial charge in [-0.2, -0.15) is 0 Å². The van der Waals surface area contributed by atoms with Gasteiger partial charge in [-0.05, 0) is 12.1 Å². The average Bonchev–Trinajstić information content (AvgIpc) is 3.39. The number of amides is 1. The van der Waals surface area contributed by atoms with E-state index < -0.39 is 24.0 Å². The van der Waals surface area contributed by atoms with Gasteiger partial charge in [-0.15, -0.1) is 0 Å². The fourth-order valence-corrected chi connectivity index (χ4v) is 3.65. The minimum atomic E-state index is -1.15. The Balaban J connectivity index is 1.48. The molecule has 0 radical (unpaired) electrons. The van der Waals surface area contributed by atoms with Crippen LogP contribution in [0.15, 0.2) is 43.0 Å². The highest BCUT2D eigenvalue weighted by Crippen LogP contribution is 2.45. The number of anilines is 1. The molecule has 2 bridgehead atoms. The van der Waals surface area contributed by atoms with Gasteiger partial charge < -0.3 is 25.0 Å². The van der Waals surface area contributed by atoms with Crippen LogP contribution in [0, 0.1) is 0 Å². The molecule has 1 aromatic carbocycles. The average molecular weight is 383 g/mol. The molecule has 28 heavy (non-hydrogen) atoms. The van der Waals surface area contributed by atoms with Crippen molar-refractivity contribution in [2.24, 2.45) is 0 Å². The molecule has 5 rings (SSSR count). The lowest BCUT2D eigenvalue weighted by Gasteiger charge is -2.29. The predicted molar refractivity (Wildman–Crippen MR) is 95.4 cm³/mol. The number of imidazole rings is 1. The Morgan fingerprint density at radius 2 is 2.11 bits per heavy atom. The lowest BCUT2D eigenvalue weighted by atomic mass is 10.0. The summed E-state index contributed by atoms with van der Waals surface area (Å²) in [6.45, 7) is -0.243. The normalized spacial score (nSPS) is 28.7. The van der Waals surface area contributed by atoms with Crippen LogP contribution < -0.4 is 5.32 Å². The van der Waals surface area contributed by atoms with Crippen LogP contribution in [-0.4, -0.2) is 66.7 Å². The number of nitrogens with one attached hydrogen (secondary N) is 1. The van der Waals surface area contributed by atoms with Crippen molar-refractivity contribution in [2.75, 3.05) is 18.5 Å². The van der Waals surface area contributed by atoms with Gasteiger partial charge in [-0.3, -0.25) is 9.36 Å². The van der Waals surface area contributed by atoms with Gasteiger partial charge in [0.1, 0.15) is 24.1 Å². The van der Waals surface area contributed by atoms with E-state index in [9.17, 15) is 15.0 Å². The van der Waals surface area contributed by atoms with Crippen molar-refractivity contribution >= 4 is 22.9 Å². The molecular formula is C18H17N5O5. The molecule has 0 saturated carbocycles. The summed E-state index contributed by atoms with van der Waals surface area (Å²) in [6, 6.07) is 8.76. The summed E-state index contributed by atoms with van der Waals surface area (Å²) in [7, 11) is 0. The minimum absolute atomic E-state index is 0.117. The summed E-state index contributed by atoms with van der Waals surface area (Å²) in [6.07, 6.45) is 0.492. The van der Waals surface area contributed by atoms with E-state index in [1.54, 1.807) is 28.8 Å². The van der Waals surface area contributed by atoms with Crippen molar-refractivity contribution in [3.8, 4) is 0 Å². The molecule has 4 heterocycles. The van der Waals surface area contributed by atoms with E-state index >= 15 is 0 Å². The Kier molecular flexibility index (Phi) is 3.88. The second-order valence-corrected chi connectivity index (χ2v) is 6.82. The zero-order valence-corrected chi connectivity index (χ0v) is 14.6. The van der Waals surface area contributed by atoms with Gasteiger partial charge >= 0.3 is 0 Å². The number of carbonyl (C=O) groups is 1. The quantitative estimate of drug-likeness (QED) is 0.578. The van der Waals surface area contributed by atoms with Crippen molar-refractivity contribution in [1.29, 1.82) is 0 Å². The van der Waals surface area contributed by atoms with Gasteiger partial charge in [-0.25, -0.2) is 15.0 Å². The lowest BCUT2D eigenvalue weighted by Crippen LogP contribution is -2.44. The van der Waals surface area contributed by atoms with Gasteiger partial charge in [0.15, 0.2) is 23.2 Å². The highest BCUT2D eigenvalue weighted by Gasteiger charge is 2.61. The van der Waals surface area contributed by atoms with E-state index in [1.165, 1.54) is 12.7 Å². The number of fused-ring (bicyclic) bond motifs is 3. The third kappa shape index (κ3) is 2.43. The molecule has 1 amide bonds. The Labute approximate surface area is 158 Å². The summed E-state index contributed by atoms with van der Waals surface area (Å²) < 4.78 is 13.1. The van der Waals surface area contributed by atoms with Crippen LogP contribution in [-0.2, 0) is 9.47 Å². The van der Waals surface area contributed by atoms with Crippen LogP contribution >= 0.6 is 0 Å². The SMILES string of the molecule is O=C(Nc1ncnc2c1ncn2C1OC2(CO)COC1C2O)c1ccccc1. The van der Waals surface area contributed by atoms with E-state index in [2.05, 4.69) is 20.3 Å². The second-order valence-electron chi connectivity index (χ2n) is 6.82. The maximum absolute atomic E-state index is 12.4. The van der Waals surface area contributed by atoms with Gasteiger partial charge in [0, 0.05) is 5.56 Å². The van der Waals surface area contributed by atoms with Crippen LogP contribution in [0.2, 0.25) is 0 Å². The van der Waals surface area contributed by atoms with Crippen LogP contribution in [0.5, 0.6) is 0 Å². The van der Waals surface area contributed by atoms with E-state index in [1.807, 2.05) is 6.07 Å². The Morgan fingerprint density at radius 1 is 1.29 bits per heavy atom. The first kappa shape index (κ1) is 17.2. The number of nitrogens with zero attached hydrogens (tertiary/aromatic N) is 4. The zero-order chi connectivity index (χ0) is 19.3. The Bertz CT molecular complexity index is 1040. The van der Waals surface area contributed by atoms with Crippen LogP contribution in [0.3, 0.4) is 0 Å². The van der Waals surface area contributed by atoms with Crippen molar-refractivity contribution in [2.45, 2.75) is 24.0 Å². The highest BCUT2D eigenvalue weighted by molar-refractivity contribution is 6.06. The number of benzene rings is 1. The maximum atomic E-state index is 12.4. The molecule has 4 atom stereocenters. The van der Waals surface area contributed by atoms with Gasteiger partial charge in [0.25, 0.3) is 5.91 Å². The first-order valence-electron chi connectivity index (χ1n) is 8.75. The van der Waals surface area contributed by atoms with Gasteiger partial charge in [-0.1, -0.05) is 18.2 Å². The molecular weight excluding hydrogens is 366 g/mol. The molecule has 144 valence electrons. The highest BCUT2D eigenvalue weighted by atomic mass is 16.7. The number of carbonyl (C=O) groups excluding carboxylic acids is 1. The molecule has 2 aliphatic heterocycles. The minimum Gasteiger partial charge on any atom is -0.393 e. The van der Waals surface area contributed by atoms with Crippen molar-refractivity contribution in [3.05, 3.63) is 48.5 Å². The molecule has 2 aromatic heterocycles. The summed E-state index contributed by atoms with van der Waals surface area (Å²) in [5.74, 6) is -0.0524. The number of hydrogen-bond donors (Lipinski definition) is 3. The summed E-state index contributed by atoms with van der Waals surface area (Å²) in [4.78, 5) is 25.1. The monoisotopic (exact) mass is 383 g/mol. The molecule has 0 spiro atoms. The molecule has 10 heteroatoms. The first-order chi connectivity index (χ1) is 13.6. The van der Waals surface area contributed by atoms with E-state index in [0.29, 0.717) is 16.7 Å². The summed E-state index contributed by atoms with van der Waals surface area (Å²) >= 11 is 0. The van der Waals surface area contributed by atoms with E-state index in [-0.39, 0.29) is 24.9 Å². The maximum Gasteiger partial charge on any atom is 0.256 e. The largest absolute Gasteiger partial charge is 0.393 e. The van der Waals surface area contributed by atoms with Gasteiger partial charge in [0.2, 0.25) is 0 Å². The van der Waals surface area contributed by atoms with Crippen molar-refractivity contribution < 1.29 is 24.5 Å². The third-order valence-electron chi connectivity index (χ3n) is 5.18. The van der Waals surface area contributed by atoms with Crippen molar-refractivity contribution in [3.63, 3.8) is 0 Å². The van der Waals surface area contributed by atoms with E-state index in [0.717, 1.165) is 0 Å². The molecule has 10 nitrogen and oxygen atoms in total. The number of aromatic nitrogens is 4. The smallest absolute Gasteiger partial charge is 0.256 e. The fourth-order valence-electron chi connectivity index (χ4n) is 3.65. The molecule has 2 fully saturated rings. The first-order valence-corrected chi connectivity index (χ1v) is 8.75. The lowest BCUT2D eigenvalue weighted by molar-refractivity contribution is -0.185. The summed E-state index contributed by atoms with van der Waals surface area (Å²) in [5, 5.41) is 22.8. The van der Waals surface area contributed by atoms with E-state index in [4.69, 9.17) is 9.47 Å². The number of aliphatic hydroxyl groups is 2. The standard InChI is InChI=1S/C18H17N5O5/c24-6-18-7-27-12(13(18)25)17(28-18)23-9-21-11-14(19-8-20-15(11)23)22-16(26)10-4-2-1-3-5-10/h1-5,8-9,12-13,17,24-25H,6-7H2,(H,19,20,22,26). The molecule has 3 aromatic rings. The molecule has 2 saturated heterocycles. The predicted octanol–water partition coefficient (Wildman–Crippen LogP) is 0.0982. The number of aliphatic hydroxyl groups excluding tert-OH is 2. The molecule has 0 aliphatic carbocycles. The Hall–Kier alpha value is -2.92. The third-order valence-corrected chi connectivity index (χ3v) is 5.18. The Morgan fingerprint density at radius 3 is 2.86 bits per heavy atom. The number of ether oxygens (including phenoxy) is 2. The second kappa shape index (κ2) is 6.31. The zero-order valence-electron chi connectivity index (χ0n) is 14.6. The van der Waals surface area contributed by atoms with Gasteiger partial charge in [0.05, 0.1) is 19.5 Å².